The zero-order chi connectivity index (χ0) is 9.26. The molecule has 0 heterocycles. The summed E-state index contributed by atoms with van der Waals surface area (Å²) >= 11 is 0. The van der Waals surface area contributed by atoms with Gasteiger partial charge in [0.1, 0.15) is 0 Å². The van der Waals surface area contributed by atoms with Gasteiger partial charge in [0.2, 0.25) is 0 Å². The summed E-state index contributed by atoms with van der Waals surface area (Å²) in [6.07, 6.45) is 8.45. The van der Waals surface area contributed by atoms with E-state index in [-0.39, 0.29) is 0 Å². The molecule has 2 saturated carbocycles. The van der Waals surface area contributed by atoms with E-state index in [0.29, 0.717) is 0 Å². The Bertz CT molecular complexity index is 163. The SMILES string of the molecule is CN(C)[C@H]1CCCC[C@H]1NC1CC1. The van der Waals surface area contributed by atoms with Crippen LogP contribution in [-0.4, -0.2) is 37.1 Å². The zero-order valence-electron chi connectivity index (χ0n) is 8.92. The van der Waals surface area contributed by atoms with Crippen molar-refractivity contribution in [2.24, 2.45) is 0 Å². The zero-order valence-corrected chi connectivity index (χ0v) is 8.92. The fourth-order valence-corrected chi connectivity index (χ4v) is 2.48. The average molecular weight is 182 g/mol. The molecule has 2 rings (SSSR count). The summed E-state index contributed by atoms with van der Waals surface area (Å²) in [6, 6.07) is 2.43. The first kappa shape index (κ1) is 9.47. The summed E-state index contributed by atoms with van der Waals surface area (Å²) in [5.74, 6) is 0. The predicted octanol–water partition coefficient (Wildman–Crippen LogP) is 1.61. The second kappa shape index (κ2) is 3.97. The highest BCUT2D eigenvalue weighted by Crippen LogP contribution is 2.26. The molecule has 0 amide bonds. The Morgan fingerprint density at radius 1 is 1.00 bits per heavy atom. The van der Waals surface area contributed by atoms with E-state index in [1.54, 1.807) is 0 Å². The Labute approximate surface area is 81.7 Å². The van der Waals surface area contributed by atoms with Crippen LogP contribution in [0, 0.1) is 0 Å². The van der Waals surface area contributed by atoms with E-state index >= 15 is 0 Å². The molecule has 0 bridgehead atoms. The Morgan fingerprint density at radius 3 is 2.31 bits per heavy atom. The number of nitrogens with zero attached hydrogens (tertiary/aromatic N) is 1. The van der Waals surface area contributed by atoms with Gasteiger partial charge in [0.05, 0.1) is 0 Å². The van der Waals surface area contributed by atoms with Gasteiger partial charge in [-0.15, -0.1) is 0 Å². The van der Waals surface area contributed by atoms with Crippen molar-refractivity contribution in [3.8, 4) is 0 Å². The van der Waals surface area contributed by atoms with Gasteiger partial charge in [-0.05, 0) is 39.8 Å². The average Bonchev–Trinajstić information content (AvgIpc) is 2.89. The Hall–Kier alpha value is -0.0800. The summed E-state index contributed by atoms with van der Waals surface area (Å²) in [4.78, 5) is 2.40. The van der Waals surface area contributed by atoms with E-state index in [1.165, 1.54) is 38.5 Å². The standard InChI is InChI=1S/C11H22N2/c1-13(2)11-6-4-3-5-10(11)12-9-7-8-9/h9-12H,3-8H2,1-2H3/t10-,11+/m1/s1. The maximum absolute atomic E-state index is 3.78. The van der Waals surface area contributed by atoms with Crippen molar-refractivity contribution in [2.45, 2.75) is 56.7 Å². The number of nitrogens with one attached hydrogen (secondary N) is 1. The highest BCUT2D eigenvalue weighted by molar-refractivity contribution is 4.92. The van der Waals surface area contributed by atoms with Gasteiger partial charge >= 0.3 is 0 Å². The first-order chi connectivity index (χ1) is 6.27. The van der Waals surface area contributed by atoms with Crippen molar-refractivity contribution in [1.82, 2.24) is 10.2 Å². The van der Waals surface area contributed by atoms with Crippen molar-refractivity contribution >= 4 is 0 Å². The van der Waals surface area contributed by atoms with E-state index in [9.17, 15) is 0 Å². The Kier molecular flexibility index (Phi) is 2.89. The molecule has 0 saturated heterocycles. The molecule has 0 aromatic heterocycles. The molecular weight excluding hydrogens is 160 g/mol. The molecule has 2 aliphatic carbocycles. The summed E-state index contributed by atoms with van der Waals surface area (Å²) < 4.78 is 0. The van der Waals surface area contributed by atoms with Crippen LogP contribution in [0.1, 0.15) is 38.5 Å². The van der Waals surface area contributed by atoms with E-state index in [4.69, 9.17) is 0 Å². The van der Waals surface area contributed by atoms with Crippen LogP contribution in [0.25, 0.3) is 0 Å². The molecule has 0 aromatic carbocycles. The third-order valence-corrected chi connectivity index (χ3v) is 3.42. The molecule has 0 aliphatic heterocycles. The Balaban J connectivity index is 1.87. The molecule has 2 heteroatoms. The largest absolute Gasteiger partial charge is 0.310 e. The highest BCUT2D eigenvalue weighted by atomic mass is 15.2. The van der Waals surface area contributed by atoms with Crippen LogP contribution in [-0.2, 0) is 0 Å². The van der Waals surface area contributed by atoms with Gasteiger partial charge in [0, 0.05) is 18.1 Å². The first-order valence-corrected chi connectivity index (χ1v) is 5.70. The van der Waals surface area contributed by atoms with E-state index in [1.807, 2.05) is 0 Å². The highest BCUT2D eigenvalue weighted by Gasteiger charge is 2.31. The lowest BCUT2D eigenvalue weighted by atomic mass is 9.89. The summed E-state index contributed by atoms with van der Waals surface area (Å²) in [5, 5.41) is 3.78. The maximum Gasteiger partial charge on any atom is 0.0243 e. The van der Waals surface area contributed by atoms with Crippen LogP contribution in [0.2, 0.25) is 0 Å². The van der Waals surface area contributed by atoms with Crippen LogP contribution in [0.3, 0.4) is 0 Å². The first-order valence-electron chi connectivity index (χ1n) is 5.70. The number of hydrogen-bond donors (Lipinski definition) is 1. The van der Waals surface area contributed by atoms with Crippen molar-refractivity contribution < 1.29 is 0 Å². The van der Waals surface area contributed by atoms with Crippen molar-refractivity contribution in [3.05, 3.63) is 0 Å². The lowest BCUT2D eigenvalue weighted by molar-refractivity contribution is 0.176. The molecule has 76 valence electrons. The lowest BCUT2D eigenvalue weighted by Gasteiger charge is -2.36. The quantitative estimate of drug-likeness (QED) is 0.713. The normalized spacial score (nSPS) is 35.3. The molecule has 0 radical (unpaired) electrons. The van der Waals surface area contributed by atoms with Crippen LogP contribution in [0.15, 0.2) is 0 Å². The second-order valence-electron chi connectivity index (χ2n) is 4.86. The molecule has 1 N–H and O–H groups in total. The number of hydrogen-bond acceptors (Lipinski definition) is 2. The molecule has 0 unspecified atom stereocenters. The topological polar surface area (TPSA) is 15.3 Å². The molecule has 2 fully saturated rings. The smallest absolute Gasteiger partial charge is 0.0243 e. The molecule has 0 aromatic rings. The Morgan fingerprint density at radius 2 is 1.69 bits per heavy atom. The fourth-order valence-electron chi connectivity index (χ4n) is 2.48. The van der Waals surface area contributed by atoms with Gasteiger partial charge in [0.25, 0.3) is 0 Å². The second-order valence-corrected chi connectivity index (χ2v) is 4.86. The van der Waals surface area contributed by atoms with Crippen molar-refractivity contribution in [3.63, 3.8) is 0 Å². The number of likely N-dealkylation sites (N-methyl/N-ethyl adjacent to an activating group) is 1. The minimum Gasteiger partial charge on any atom is -0.310 e. The minimum atomic E-state index is 0.774. The maximum atomic E-state index is 3.78. The van der Waals surface area contributed by atoms with Crippen LogP contribution in [0.4, 0.5) is 0 Å². The molecule has 2 nitrogen and oxygen atoms in total. The van der Waals surface area contributed by atoms with Gasteiger partial charge in [-0.1, -0.05) is 12.8 Å². The molecule has 2 atom stereocenters. The van der Waals surface area contributed by atoms with Gasteiger partial charge in [0.15, 0.2) is 0 Å². The van der Waals surface area contributed by atoms with Gasteiger partial charge in [-0.2, -0.15) is 0 Å². The summed E-state index contributed by atoms with van der Waals surface area (Å²) in [5.41, 5.74) is 0. The molecule has 0 spiro atoms. The minimum absolute atomic E-state index is 0.774. The molecule has 2 aliphatic rings. The van der Waals surface area contributed by atoms with Gasteiger partial charge < -0.3 is 10.2 Å². The monoisotopic (exact) mass is 182 g/mol. The van der Waals surface area contributed by atoms with Crippen molar-refractivity contribution in [2.75, 3.05) is 14.1 Å². The fraction of sp³-hybridized carbons (Fsp3) is 1.00. The predicted molar refractivity (Wildman–Crippen MR) is 55.9 cm³/mol. The third kappa shape index (κ3) is 2.44. The van der Waals surface area contributed by atoms with Crippen LogP contribution < -0.4 is 5.32 Å². The number of rotatable bonds is 3. The van der Waals surface area contributed by atoms with Gasteiger partial charge in [-0.3, -0.25) is 0 Å². The molecular formula is C11H22N2. The van der Waals surface area contributed by atoms with E-state index in [0.717, 1.165) is 18.1 Å². The third-order valence-electron chi connectivity index (χ3n) is 3.42. The van der Waals surface area contributed by atoms with Crippen LogP contribution >= 0.6 is 0 Å². The van der Waals surface area contributed by atoms with Crippen LogP contribution in [0.5, 0.6) is 0 Å². The summed E-state index contributed by atoms with van der Waals surface area (Å²) in [6.45, 7) is 0. The summed E-state index contributed by atoms with van der Waals surface area (Å²) in [7, 11) is 4.44. The van der Waals surface area contributed by atoms with E-state index in [2.05, 4.69) is 24.3 Å². The van der Waals surface area contributed by atoms with Crippen molar-refractivity contribution in [1.29, 1.82) is 0 Å². The molecule has 13 heavy (non-hydrogen) atoms. The lowest BCUT2D eigenvalue weighted by Crippen LogP contribution is -2.49. The van der Waals surface area contributed by atoms with E-state index < -0.39 is 0 Å². The van der Waals surface area contributed by atoms with Gasteiger partial charge in [-0.25, -0.2) is 0 Å².